The number of carbonyl (C=O) groups excluding carboxylic acids is 1. The van der Waals surface area contributed by atoms with E-state index in [9.17, 15) is 9.59 Å². The van der Waals surface area contributed by atoms with Gasteiger partial charge in [-0.25, -0.2) is 4.79 Å². The maximum atomic E-state index is 12.0. The lowest BCUT2D eigenvalue weighted by Crippen LogP contribution is -2.29. The highest BCUT2D eigenvalue weighted by atomic mass is 16.4. The SMILES string of the molecule is C/C=C/C(N)=O.C=C/C=C(\C=C/C)/C=C/c1cc(=C/C)/c(=C\C=C)oc1=O.CC. The lowest BCUT2D eigenvalue weighted by atomic mass is 10.1. The van der Waals surface area contributed by atoms with Crippen molar-refractivity contribution in [1.29, 1.82) is 0 Å². The second-order valence-corrected chi connectivity index (χ2v) is 5.14. The average Bonchev–Trinajstić information content (AvgIpc) is 2.69. The van der Waals surface area contributed by atoms with E-state index in [-0.39, 0.29) is 5.63 Å². The van der Waals surface area contributed by atoms with Crippen LogP contribution < -0.4 is 22.0 Å². The number of amides is 1. The topological polar surface area (TPSA) is 73.3 Å². The molecule has 0 spiro atoms. The number of primary amides is 1. The summed E-state index contributed by atoms with van der Waals surface area (Å²) >= 11 is 0. The molecule has 1 aromatic rings. The second-order valence-electron chi connectivity index (χ2n) is 5.14. The van der Waals surface area contributed by atoms with Crippen LogP contribution in [0.25, 0.3) is 18.2 Å². The zero-order chi connectivity index (χ0) is 22.7. The minimum Gasteiger partial charge on any atom is -0.422 e. The van der Waals surface area contributed by atoms with Crippen molar-refractivity contribution in [2.24, 2.45) is 5.73 Å². The van der Waals surface area contributed by atoms with Gasteiger partial charge in [0.15, 0.2) is 0 Å². The fourth-order valence-electron chi connectivity index (χ4n) is 1.94. The van der Waals surface area contributed by atoms with Gasteiger partial charge in [-0.2, -0.15) is 0 Å². The Balaban J connectivity index is 0. The van der Waals surface area contributed by atoms with E-state index in [0.717, 1.165) is 10.8 Å². The summed E-state index contributed by atoms with van der Waals surface area (Å²) in [6.45, 7) is 16.9. The van der Waals surface area contributed by atoms with Crippen LogP contribution in [0.1, 0.15) is 40.2 Å². The lowest BCUT2D eigenvalue weighted by molar-refractivity contribution is -0.113. The highest BCUT2D eigenvalue weighted by Crippen LogP contribution is 2.03. The minimum absolute atomic E-state index is 0.372. The van der Waals surface area contributed by atoms with Crippen LogP contribution in [-0.4, -0.2) is 5.91 Å². The van der Waals surface area contributed by atoms with E-state index in [1.165, 1.54) is 6.08 Å². The van der Waals surface area contributed by atoms with Crippen molar-refractivity contribution in [3.63, 3.8) is 0 Å². The molecule has 156 valence electrons. The molecule has 0 atom stereocenters. The van der Waals surface area contributed by atoms with Crippen LogP contribution in [0, 0.1) is 0 Å². The maximum Gasteiger partial charge on any atom is 0.343 e. The Kier molecular flexibility index (Phi) is 17.3. The van der Waals surface area contributed by atoms with Crippen molar-refractivity contribution < 1.29 is 9.21 Å². The molecule has 1 aromatic heterocycles. The summed E-state index contributed by atoms with van der Waals surface area (Å²) in [5.41, 5.74) is 6.28. The van der Waals surface area contributed by atoms with Crippen LogP contribution in [0.3, 0.4) is 0 Å². The fraction of sp³-hybridized carbons (Fsp3) is 0.200. The average molecular weight is 396 g/mol. The van der Waals surface area contributed by atoms with Crippen molar-refractivity contribution in [2.45, 2.75) is 34.6 Å². The molecule has 0 unspecified atom stereocenters. The Morgan fingerprint density at radius 3 is 2.07 bits per heavy atom. The Bertz CT molecular complexity index is 939. The Morgan fingerprint density at radius 2 is 1.66 bits per heavy atom. The van der Waals surface area contributed by atoms with Gasteiger partial charge in [-0.15, -0.1) is 0 Å². The first-order valence-corrected chi connectivity index (χ1v) is 9.42. The van der Waals surface area contributed by atoms with E-state index in [2.05, 4.69) is 18.9 Å². The fourth-order valence-corrected chi connectivity index (χ4v) is 1.94. The predicted molar refractivity (Wildman–Crippen MR) is 127 cm³/mol. The normalized spacial score (nSPS) is 12.5. The van der Waals surface area contributed by atoms with E-state index in [1.54, 1.807) is 43.4 Å². The third-order valence-corrected chi connectivity index (χ3v) is 3.07. The monoisotopic (exact) mass is 395 g/mol. The van der Waals surface area contributed by atoms with Crippen LogP contribution in [0.15, 0.2) is 82.6 Å². The molecule has 4 heteroatoms. The van der Waals surface area contributed by atoms with E-state index >= 15 is 0 Å². The van der Waals surface area contributed by atoms with Crippen LogP contribution in [0.5, 0.6) is 0 Å². The van der Waals surface area contributed by atoms with E-state index in [1.807, 2.05) is 58.1 Å². The quantitative estimate of drug-likeness (QED) is 0.580. The van der Waals surface area contributed by atoms with Gasteiger partial charge in [-0.05, 0) is 50.6 Å². The number of hydrogen-bond donors (Lipinski definition) is 1. The van der Waals surface area contributed by atoms with Gasteiger partial charge in [-0.1, -0.05) is 75.6 Å². The van der Waals surface area contributed by atoms with Gasteiger partial charge in [0, 0.05) is 5.22 Å². The number of allylic oxidation sites excluding steroid dienone is 8. The van der Waals surface area contributed by atoms with Crippen molar-refractivity contribution in [3.8, 4) is 0 Å². The summed E-state index contributed by atoms with van der Waals surface area (Å²) in [4.78, 5) is 21.7. The number of carbonyl (C=O) groups is 1. The van der Waals surface area contributed by atoms with Gasteiger partial charge >= 0.3 is 5.63 Å². The molecular weight excluding hydrogens is 362 g/mol. The Hall–Kier alpha value is -3.40. The van der Waals surface area contributed by atoms with Gasteiger partial charge in [0.1, 0.15) is 5.42 Å². The molecule has 0 saturated heterocycles. The van der Waals surface area contributed by atoms with E-state index in [0.29, 0.717) is 11.0 Å². The minimum atomic E-state index is -0.391. The van der Waals surface area contributed by atoms with Gasteiger partial charge in [0.05, 0.1) is 5.56 Å². The molecule has 2 N–H and O–H groups in total. The molecular formula is C25H33NO3. The molecule has 0 saturated carbocycles. The summed E-state index contributed by atoms with van der Waals surface area (Å²) in [7, 11) is 0. The first kappa shape index (κ1) is 27.8. The third-order valence-electron chi connectivity index (χ3n) is 3.07. The Morgan fingerprint density at radius 1 is 1.03 bits per heavy atom. The largest absolute Gasteiger partial charge is 0.422 e. The molecule has 0 aromatic carbocycles. The predicted octanol–water partition coefficient (Wildman–Crippen LogP) is 4.18. The molecule has 0 bridgehead atoms. The Labute approximate surface area is 174 Å². The zero-order valence-corrected chi connectivity index (χ0v) is 18.1. The number of rotatable bonds is 6. The summed E-state index contributed by atoms with van der Waals surface area (Å²) in [6, 6.07) is 1.80. The first-order valence-electron chi connectivity index (χ1n) is 9.42. The molecule has 29 heavy (non-hydrogen) atoms. The van der Waals surface area contributed by atoms with Crippen LogP contribution in [-0.2, 0) is 4.79 Å². The molecule has 4 nitrogen and oxygen atoms in total. The van der Waals surface area contributed by atoms with E-state index in [4.69, 9.17) is 4.42 Å². The van der Waals surface area contributed by atoms with Crippen LogP contribution >= 0.6 is 0 Å². The van der Waals surface area contributed by atoms with Crippen molar-refractivity contribution in [2.75, 3.05) is 0 Å². The molecule has 0 fully saturated rings. The molecule has 0 aliphatic rings. The van der Waals surface area contributed by atoms with Crippen molar-refractivity contribution >= 4 is 24.1 Å². The van der Waals surface area contributed by atoms with Gasteiger partial charge in [0.2, 0.25) is 5.91 Å². The first-order chi connectivity index (χ1) is 13.9. The smallest absolute Gasteiger partial charge is 0.343 e. The summed E-state index contributed by atoms with van der Waals surface area (Å²) in [5.74, 6) is -0.391. The summed E-state index contributed by atoms with van der Waals surface area (Å²) in [5, 5.41) is 0.856. The van der Waals surface area contributed by atoms with Gasteiger partial charge < -0.3 is 10.2 Å². The van der Waals surface area contributed by atoms with Crippen molar-refractivity contribution in [1.82, 2.24) is 0 Å². The summed E-state index contributed by atoms with van der Waals surface area (Å²) in [6.07, 6.45) is 19.1. The molecule has 1 rings (SSSR count). The standard InChI is InChI=1S/C19H20O2.C4H7NO.C2H6/c1-5-9-15(10-6-2)12-13-17-14-16(8-4)18(11-7-3)21-19(17)20;1-2-3-4(5)6;1-2/h5-14H,1,3H2,2,4H3;2-3H,1H3,(H2,5,6);1-2H3/b10-6-,13-12+,15-9+,16-8-,18-11+;3-2+;. The van der Waals surface area contributed by atoms with Crippen molar-refractivity contribution in [3.05, 3.63) is 100 Å². The highest BCUT2D eigenvalue weighted by molar-refractivity contribution is 5.85. The second kappa shape index (κ2) is 18.0. The van der Waals surface area contributed by atoms with Crippen LogP contribution in [0.2, 0.25) is 0 Å². The van der Waals surface area contributed by atoms with Gasteiger partial charge in [-0.3, -0.25) is 4.79 Å². The lowest BCUT2D eigenvalue weighted by Gasteiger charge is -1.95. The highest BCUT2D eigenvalue weighted by Gasteiger charge is 1.98. The molecule has 1 heterocycles. The zero-order valence-electron chi connectivity index (χ0n) is 18.1. The molecule has 0 aliphatic heterocycles. The van der Waals surface area contributed by atoms with E-state index < -0.39 is 5.91 Å². The third kappa shape index (κ3) is 12.6. The number of nitrogens with two attached hydrogens (primary N) is 1. The molecule has 0 radical (unpaired) electrons. The van der Waals surface area contributed by atoms with Gasteiger partial charge in [0.25, 0.3) is 0 Å². The molecule has 1 amide bonds. The summed E-state index contributed by atoms with van der Waals surface area (Å²) < 4.78 is 5.30. The van der Waals surface area contributed by atoms with Crippen LogP contribution in [0.4, 0.5) is 0 Å². The number of hydrogen-bond acceptors (Lipinski definition) is 3. The molecule has 0 aliphatic carbocycles. The maximum absolute atomic E-state index is 12.0.